The fourth-order valence-electron chi connectivity index (χ4n) is 1.75. The molecule has 0 aromatic heterocycles. The van der Waals surface area contributed by atoms with Crippen molar-refractivity contribution in [1.82, 2.24) is 5.32 Å². The summed E-state index contributed by atoms with van der Waals surface area (Å²) in [6.45, 7) is 5.04. The van der Waals surface area contributed by atoms with Crippen molar-refractivity contribution >= 4 is 0 Å². The Morgan fingerprint density at radius 2 is 1.95 bits per heavy atom. The van der Waals surface area contributed by atoms with Crippen LogP contribution in [0, 0.1) is 5.82 Å². The normalized spacial score (nSPS) is 10.7. The van der Waals surface area contributed by atoms with Gasteiger partial charge in [0.15, 0.2) is 0 Å². The molecular formula is C15H24FNO2. The van der Waals surface area contributed by atoms with Gasteiger partial charge in [0.1, 0.15) is 11.6 Å². The van der Waals surface area contributed by atoms with Gasteiger partial charge >= 0.3 is 0 Å². The number of rotatable bonds is 10. The van der Waals surface area contributed by atoms with Crippen LogP contribution in [0.1, 0.15) is 31.7 Å². The quantitative estimate of drug-likeness (QED) is 0.662. The largest absolute Gasteiger partial charge is 0.493 e. The Labute approximate surface area is 115 Å². The summed E-state index contributed by atoms with van der Waals surface area (Å²) < 4.78 is 24.0. The van der Waals surface area contributed by atoms with Gasteiger partial charge in [0.2, 0.25) is 0 Å². The summed E-state index contributed by atoms with van der Waals surface area (Å²) in [4.78, 5) is 0. The van der Waals surface area contributed by atoms with Crippen LogP contribution in [0.4, 0.5) is 4.39 Å². The molecule has 0 heterocycles. The topological polar surface area (TPSA) is 30.5 Å². The molecule has 1 aromatic rings. The highest BCUT2D eigenvalue weighted by Gasteiger charge is 2.02. The van der Waals surface area contributed by atoms with Gasteiger partial charge in [0, 0.05) is 26.3 Å². The van der Waals surface area contributed by atoms with Crippen LogP contribution < -0.4 is 10.1 Å². The maximum Gasteiger partial charge on any atom is 0.127 e. The molecule has 0 saturated heterocycles. The smallest absolute Gasteiger partial charge is 0.127 e. The Bertz CT molecular complexity index is 358. The average Bonchev–Trinajstić information content (AvgIpc) is 2.38. The number of ether oxygens (including phenoxy) is 2. The molecule has 0 aliphatic carbocycles. The Morgan fingerprint density at radius 1 is 1.16 bits per heavy atom. The highest BCUT2D eigenvalue weighted by Crippen LogP contribution is 2.17. The number of halogens is 1. The highest BCUT2D eigenvalue weighted by molar-refractivity contribution is 5.29. The van der Waals surface area contributed by atoms with E-state index in [1.54, 1.807) is 13.2 Å². The maximum atomic E-state index is 13.4. The van der Waals surface area contributed by atoms with Gasteiger partial charge in [-0.3, -0.25) is 0 Å². The Hall–Kier alpha value is -1.13. The fraction of sp³-hybridized carbons (Fsp3) is 0.600. The minimum atomic E-state index is -0.248. The van der Waals surface area contributed by atoms with Crippen LogP contribution >= 0.6 is 0 Å². The first-order chi connectivity index (χ1) is 9.26. The molecule has 0 saturated carbocycles. The molecule has 0 aliphatic heterocycles. The third-order valence-electron chi connectivity index (χ3n) is 2.70. The van der Waals surface area contributed by atoms with Crippen molar-refractivity contribution in [3.05, 3.63) is 29.6 Å². The van der Waals surface area contributed by atoms with Crippen molar-refractivity contribution in [2.75, 3.05) is 26.9 Å². The molecule has 108 valence electrons. The van der Waals surface area contributed by atoms with E-state index in [-0.39, 0.29) is 5.82 Å². The van der Waals surface area contributed by atoms with Crippen molar-refractivity contribution in [1.29, 1.82) is 0 Å². The summed E-state index contributed by atoms with van der Waals surface area (Å²) in [6, 6.07) is 4.86. The molecule has 0 bridgehead atoms. The summed E-state index contributed by atoms with van der Waals surface area (Å²) in [6.07, 6.45) is 2.93. The zero-order chi connectivity index (χ0) is 13.9. The summed E-state index contributed by atoms with van der Waals surface area (Å²) in [5.74, 6) is 0.355. The molecule has 0 aliphatic rings. The zero-order valence-corrected chi connectivity index (χ0v) is 11.9. The first-order valence-electron chi connectivity index (χ1n) is 6.88. The minimum Gasteiger partial charge on any atom is -0.493 e. The van der Waals surface area contributed by atoms with Crippen molar-refractivity contribution in [3.63, 3.8) is 0 Å². The summed E-state index contributed by atoms with van der Waals surface area (Å²) >= 11 is 0. The second-order valence-electron chi connectivity index (χ2n) is 4.52. The first kappa shape index (κ1) is 15.9. The Kier molecular flexibility index (Phi) is 8.18. The number of nitrogens with one attached hydrogen (secondary N) is 1. The number of unbranched alkanes of at least 4 members (excludes halogenated alkanes) is 1. The molecular weight excluding hydrogens is 245 g/mol. The van der Waals surface area contributed by atoms with E-state index in [2.05, 4.69) is 12.2 Å². The van der Waals surface area contributed by atoms with E-state index in [0.717, 1.165) is 38.0 Å². The molecule has 1 rings (SSSR count). The molecule has 1 N–H and O–H groups in total. The van der Waals surface area contributed by atoms with E-state index in [1.807, 2.05) is 6.07 Å². The molecule has 0 radical (unpaired) electrons. The SMILES string of the molecule is CCCNCc1cc(F)cc(OCCCCOC)c1. The van der Waals surface area contributed by atoms with E-state index in [9.17, 15) is 4.39 Å². The maximum absolute atomic E-state index is 13.4. The van der Waals surface area contributed by atoms with E-state index in [1.165, 1.54) is 6.07 Å². The van der Waals surface area contributed by atoms with Crippen molar-refractivity contribution in [2.45, 2.75) is 32.7 Å². The van der Waals surface area contributed by atoms with Crippen LogP contribution in [-0.4, -0.2) is 26.9 Å². The fourth-order valence-corrected chi connectivity index (χ4v) is 1.75. The van der Waals surface area contributed by atoms with Crippen molar-refractivity contribution < 1.29 is 13.9 Å². The number of hydrogen-bond donors (Lipinski definition) is 1. The van der Waals surface area contributed by atoms with Crippen LogP contribution in [0.5, 0.6) is 5.75 Å². The lowest BCUT2D eigenvalue weighted by Gasteiger charge is -2.09. The van der Waals surface area contributed by atoms with E-state index in [4.69, 9.17) is 9.47 Å². The van der Waals surface area contributed by atoms with Gasteiger partial charge in [0.25, 0.3) is 0 Å². The zero-order valence-electron chi connectivity index (χ0n) is 11.9. The van der Waals surface area contributed by atoms with Gasteiger partial charge in [-0.1, -0.05) is 6.92 Å². The Morgan fingerprint density at radius 3 is 2.68 bits per heavy atom. The van der Waals surface area contributed by atoms with E-state index >= 15 is 0 Å². The van der Waals surface area contributed by atoms with Gasteiger partial charge in [-0.2, -0.15) is 0 Å². The van der Waals surface area contributed by atoms with Gasteiger partial charge in [-0.05, 0) is 43.5 Å². The third-order valence-corrected chi connectivity index (χ3v) is 2.70. The average molecular weight is 269 g/mol. The van der Waals surface area contributed by atoms with E-state index < -0.39 is 0 Å². The van der Waals surface area contributed by atoms with Crippen molar-refractivity contribution in [2.24, 2.45) is 0 Å². The van der Waals surface area contributed by atoms with Crippen LogP contribution in [0.2, 0.25) is 0 Å². The summed E-state index contributed by atoms with van der Waals surface area (Å²) in [5.41, 5.74) is 0.917. The van der Waals surface area contributed by atoms with Gasteiger partial charge in [-0.25, -0.2) is 4.39 Å². The standard InChI is InChI=1S/C15H24FNO2/c1-3-6-17-12-13-9-14(16)11-15(10-13)19-8-5-4-7-18-2/h9-11,17H,3-8,12H2,1-2H3. The van der Waals surface area contributed by atoms with Gasteiger partial charge < -0.3 is 14.8 Å². The number of methoxy groups -OCH3 is 1. The van der Waals surface area contributed by atoms with Gasteiger partial charge in [-0.15, -0.1) is 0 Å². The predicted molar refractivity (Wildman–Crippen MR) is 75.0 cm³/mol. The van der Waals surface area contributed by atoms with E-state index in [0.29, 0.717) is 18.9 Å². The number of hydrogen-bond acceptors (Lipinski definition) is 3. The molecule has 0 spiro atoms. The van der Waals surface area contributed by atoms with Gasteiger partial charge in [0.05, 0.1) is 6.61 Å². The first-order valence-corrected chi connectivity index (χ1v) is 6.88. The molecule has 0 fully saturated rings. The van der Waals surface area contributed by atoms with Crippen molar-refractivity contribution in [3.8, 4) is 5.75 Å². The molecule has 4 heteroatoms. The number of benzene rings is 1. The van der Waals surface area contributed by atoms with Crippen LogP contribution in [0.25, 0.3) is 0 Å². The molecule has 0 unspecified atom stereocenters. The molecule has 0 amide bonds. The molecule has 19 heavy (non-hydrogen) atoms. The lowest BCUT2D eigenvalue weighted by molar-refractivity contribution is 0.184. The highest BCUT2D eigenvalue weighted by atomic mass is 19.1. The lowest BCUT2D eigenvalue weighted by atomic mass is 10.2. The van der Waals surface area contributed by atoms with Crippen LogP contribution in [0.15, 0.2) is 18.2 Å². The summed E-state index contributed by atoms with van der Waals surface area (Å²) in [5, 5.41) is 3.25. The van der Waals surface area contributed by atoms with Crippen LogP contribution in [0.3, 0.4) is 0 Å². The predicted octanol–water partition coefficient (Wildman–Crippen LogP) is 3.13. The third kappa shape index (κ3) is 7.13. The van der Waals surface area contributed by atoms with Crippen LogP contribution in [-0.2, 0) is 11.3 Å². The molecule has 3 nitrogen and oxygen atoms in total. The molecule has 0 atom stereocenters. The second-order valence-corrected chi connectivity index (χ2v) is 4.52. The second kappa shape index (κ2) is 9.75. The monoisotopic (exact) mass is 269 g/mol. The summed E-state index contributed by atoms with van der Waals surface area (Å²) in [7, 11) is 1.68. The Balaban J connectivity index is 2.39. The molecule has 1 aromatic carbocycles. The minimum absolute atomic E-state index is 0.248. The lowest BCUT2D eigenvalue weighted by Crippen LogP contribution is -2.14.